The van der Waals surface area contributed by atoms with Gasteiger partial charge in [0.2, 0.25) is 0 Å². The lowest BCUT2D eigenvalue weighted by Gasteiger charge is -2.34. The van der Waals surface area contributed by atoms with Crippen molar-refractivity contribution in [2.75, 3.05) is 39.3 Å². The quantitative estimate of drug-likeness (QED) is 0.168. The zero-order valence-electron chi connectivity index (χ0n) is 28.3. The maximum absolute atomic E-state index is 12.9. The van der Waals surface area contributed by atoms with E-state index in [-0.39, 0.29) is 11.8 Å². The Kier molecular flexibility index (Phi) is 10.0. The molecule has 4 heterocycles. The van der Waals surface area contributed by atoms with Crippen LogP contribution in [0.4, 0.5) is 13.2 Å². The molecular formula is C39H41F3N8O. The van der Waals surface area contributed by atoms with Crippen LogP contribution in [0.2, 0.25) is 0 Å². The van der Waals surface area contributed by atoms with E-state index in [2.05, 4.69) is 78.2 Å². The van der Waals surface area contributed by atoms with Gasteiger partial charge in [0, 0.05) is 105 Å². The summed E-state index contributed by atoms with van der Waals surface area (Å²) in [5.74, 6) is -0.247. The molecule has 9 nitrogen and oxygen atoms in total. The number of fused-ring (bicyclic) bond motifs is 3. The molecule has 0 radical (unpaired) electrons. The van der Waals surface area contributed by atoms with Gasteiger partial charge < -0.3 is 25.3 Å². The number of benzene rings is 3. The van der Waals surface area contributed by atoms with Gasteiger partial charge in [-0.15, -0.1) is 13.2 Å². The van der Waals surface area contributed by atoms with Gasteiger partial charge in [-0.25, -0.2) is 0 Å². The third kappa shape index (κ3) is 7.75. The summed E-state index contributed by atoms with van der Waals surface area (Å²) in [4.78, 5) is 4.91. The minimum absolute atomic E-state index is 0.200. The first-order chi connectivity index (χ1) is 24.7. The van der Waals surface area contributed by atoms with Crippen LogP contribution in [0, 0.1) is 22.7 Å². The highest BCUT2D eigenvalue weighted by atomic mass is 19.4. The molecule has 3 saturated heterocycles. The van der Waals surface area contributed by atoms with Crippen LogP contribution in [0.5, 0.6) is 5.75 Å². The summed E-state index contributed by atoms with van der Waals surface area (Å²) in [6, 6.07) is 23.4. The van der Waals surface area contributed by atoms with Gasteiger partial charge in [-0.05, 0) is 60.4 Å². The smallest absolute Gasteiger partial charge is 0.406 e. The molecule has 3 fully saturated rings. The van der Waals surface area contributed by atoms with Crippen LogP contribution in [0.1, 0.15) is 35.1 Å². The summed E-state index contributed by atoms with van der Waals surface area (Å²) >= 11 is 0. The number of piperazine rings is 2. The summed E-state index contributed by atoms with van der Waals surface area (Å²) in [5.41, 5.74) is 6.92. The lowest BCUT2D eigenvalue weighted by molar-refractivity contribution is -0.274. The SMILES string of the molecule is C=C(NCCCn1cc(-c2ccc(OC(F)(F)F)cc2)c2cc(CN3CC4CC3CN4Cc3c(C#N)cccc3C#N)ccc21)C1CNCCN1. The van der Waals surface area contributed by atoms with Gasteiger partial charge in [0.1, 0.15) is 5.75 Å². The van der Waals surface area contributed by atoms with E-state index in [9.17, 15) is 23.7 Å². The van der Waals surface area contributed by atoms with Gasteiger partial charge in [0.05, 0.1) is 29.3 Å². The molecule has 3 aliphatic rings. The molecule has 3 unspecified atom stereocenters. The van der Waals surface area contributed by atoms with Gasteiger partial charge in [0.25, 0.3) is 0 Å². The van der Waals surface area contributed by atoms with Crippen molar-refractivity contribution in [3.8, 4) is 29.0 Å². The minimum atomic E-state index is -4.75. The van der Waals surface area contributed by atoms with Crippen molar-refractivity contribution in [3.05, 3.63) is 101 Å². The fourth-order valence-corrected chi connectivity index (χ4v) is 7.84. The molecule has 7 rings (SSSR count). The van der Waals surface area contributed by atoms with Crippen molar-refractivity contribution in [3.63, 3.8) is 0 Å². The number of ether oxygens (including phenoxy) is 1. The summed E-state index contributed by atoms with van der Waals surface area (Å²) in [7, 11) is 0. The van der Waals surface area contributed by atoms with Crippen LogP contribution in [-0.4, -0.2) is 78.1 Å². The summed E-state index contributed by atoms with van der Waals surface area (Å²) < 4.78 is 44.9. The van der Waals surface area contributed by atoms with Crippen molar-refractivity contribution < 1.29 is 17.9 Å². The van der Waals surface area contributed by atoms with Gasteiger partial charge in [-0.1, -0.05) is 30.8 Å². The van der Waals surface area contributed by atoms with Gasteiger partial charge in [0.15, 0.2) is 0 Å². The molecule has 0 aliphatic carbocycles. The number of rotatable bonds is 12. The van der Waals surface area contributed by atoms with Crippen LogP contribution >= 0.6 is 0 Å². The zero-order valence-corrected chi connectivity index (χ0v) is 28.3. The molecule has 2 bridgehead atoms. The van der Waals surface area contributed by atoms with E-state index >= 15 is 0 Å². The summed E-state index contributed by atoms with van der Waals surface area (Å²) in [6.07, 6.45) is -0.743. The Labute approximate surface area is 295 Å². The predicted molar refractivity (Wildman–Crippen MR) is 189 cm³/mol. The highest BCUT2D eigenvalue weighted by Gasteiger charge is 2.43. The van der Waals surface area contributed by atoms with Crippen LogP contribution in [0.25, 0.3) is 22.0 Å². The average Bonchev–Trinajstić information content (AvgIpc) is 3.83. The van der Waals surface area contributed by atoms with Gasteiger partial charge >= 0.3 is 6.36 Å². The number of likely N-dealkylation sites (tertiary alicyclic amines) is 2. The van der Waals surface area contributed by atoms with Crippen molar-refractivity contribution in [2.24, 2.45) is 0 Å². The van der Waals surface area contributed by atoms with Crippen LogP contribution in [0.3, 0.4) is 0 Å². The average molecular weight is 695 g/mol. The molecule has 3 aromatic carbocycles. The van der Waals surface area contributed by atoms with Crippen molar-refractivity contribution in [2.45, 2.75) is 57.0 Å². The molecule has 4 aromatic rings. The van der Waals surface area contributed by atoms with E-state index in [4.69, 9.17) is 0 Å². The van der Waals surface area contributed by atoms with Crippen molar-refractivity contribution >= 4 is 10.9 Å². The Balaban J connectivity index is 1.06. The number of hydrogen-bond acceptors (Lipinski definition) is 8. The Morgan fingerprint density at radius 3 is 2.33 bits per heavy atom. The second-order valence-corrected chi connectivity index (χ2v) is 13.6. The Morgan fingerprint density at radius 2 is 1.69 bits per heavy atom. The molecule has 3 aliphatic heterocycles. The Hall–Kier alpha value is -4.85. The van der Waals surface area contributed by atoms with E-state index in [0.717, 1.165) is 98.5 Å². The number of hydrogen-bond donors (Lipinski definition) is 3. The standard InChI is InChI=1S/C39H41F3N8O/c1-26(37-20-45-13-14-47-37)46-12-3-15-48-25-36(28-7-9-33(10-8-28)51-39(40,41)42)34-16-27(6-11-38(34)48)21-49-22-32-17-31(49)23-50(32)24-35-29(18-43)4-2-5-30(35)19-44/h2,4-11,16,25,31-32,37,45-47H,1,3,12-15,17,20-24H2. The normalized spacial score (nSPS) is 20.7. The maximum Gasteiger partial charge on any atom is 0.573 e. The number of aryl methyl sites for hydroxylation is 1. The molecule has 1 aromatic heterocycles. The molecule has 3 N–H and O–H groups in total. The fourth-order valence-electron chi connectivity index (χ4n) is 7.84. The first-order valence-electron chi connectivity index (χ1n) is 17.4. The molecule has 12 heteroatoms. The van der Waals surface area contributed by atoms with Crippen LogP contribution in [-0.2, 0) is 19.6 Å². The number of nitriles is 2. The van der Waals surface area contributed by atoms with E-state index in [1.807, 2.05) is 0 Å². The third-order valence-electron chi connectivity index (χ3n) is 10.4. The molecule has 3 atom stereocenters. The molecule has 264 valence electrons. The largest absolute Gasteiger partial charge is 0.573 e. The van der Waals surface area contributed by atoms with E-state index < -0.39 is 6.36 Å². The number of nitrogens with one attached hydrogen (secondary N) is 3. The molecule has 0 amide bonds. The lowest BCUT2D eigenvalue weighted by atomic mass is 10.0. The number of aromatic nitrogens is 1. The summed E-state index contributed by atoms with van der Waals surface area (Å²) in [6.45, 7) is 11.6. The molecular weight excluding hydrogens is 653 g/mol. The topological polar surface area (TPSA) is 104 Å². The number of nitrogens with zero attached hydrogens (tertiary/aromatic N) is 5. The molecule has 51 heavy (non-hydrogen) atoms. The second-order valence-electron chi connectivity index (χ2n) is 13.6. The minimum Gasteiger partial charge on any atom is -0.406 e. The maximum atomic E-state index is 12.9. The van der Waals surface area contributed by atoms with Crippen LogP contribution in [0.15, 0.2) is 79.1 Å². The summed E-state index contributed by atoms with van der Waals surface area (Å²) in [5, 5.41) is 30.7. The van der Waals surface area contributed by atoms with Gasteiger partial charge in [-0.3, -0.25) is 9.80 Å². The first-order valence-corrected chi connectivity index (χ1v) is 17.4. The van der Waals surface area contributed by atoms with Crippen molar-refractivity contribution in [1.29, 1.82) is 10.5 Å². The number of halogens is 3. The first kappa shape index (κ1) is 34.6. The van der Waals surface area contributed by atoms with Crippen LogP contribution < -0.4 is 20.7 Å². The fraction of sp³-hybridized carbons (Fsp3) is 0.385. The van der Waals surface area contributed by atoms with E-state index in [1.54, 1.807) is 30.3 Å². The Morgan fingerprint density at radius 1 is 0.961 bits per heavy atom. The van der Waals surface area contributed by atoms with Crippen molar-refractivity contribution in [1.82, 2.24) is 30.3 Å². The lowest BCUT2D eigenvalue weighted by Crippen LogP contribution is -2.51. The second kappa shape index (κ2) is 14.8. The number of alkyl halides is 3. The Bertz CT molecular complexity index is 1940. The zero-order chi connectivity index (χ0) is 35.5. The molecule has 0 spiro atoms. The monoisotopic (exact) mass is 694 g/mol. The highest BCUT2D eigenvalue weighted by molar-refractivity contribution is 5.96. The van der Waals surface area contributed by atoms with Gasteiger partial charge in [-0.2, -0.15) is 10.5 Å². The van der Waals surface area contributed by atoms with E-state index in [1.165, 1.54) is 17.7 Å². The molecule has 0 saturated carbocycles. The predicted octanol–water partition coefficient (Wildman–Crippen LogP) is 5.46. The van der Waals surface area contributed by atoms with E-state index in [0.29, 0.717) is 29.8 Å². The third-order valence-corrected chi connectivity index (χ3v) is 10.4. The highest BCUT2D eigenvalue weighted by Crippen LogP contribution is 2.37.